The van der Waals surface area contributed by atoms with Crippen molar-refractivity contribution in [3.8, 4) is 0 Å². The number of anilines is 1. The molecule has 0 aliphatic rings. The van der Waals surface area contributed by atoms with E-state index in [1.165, 1.54) is 17.4 Å². The second kappa shape index (κ2) is 7.44. The molecule has 0 bridgehead atoms. The fourth-order valence-electron chi connectivity index (χ4n) is 2.09. The molecule has 1 aromatic carbocycles. The Morgan fingerprint density at radius 2 is 1.96 bits per heavy atom. The second-order valence-corrected chi connectivity index (χ2v) is 8.98. The molecular weight excluding hydrogens is 356 g/mol. The molecule has 0 radical (unpaired) electrons. The highest BCUT2D eigenvalue weighted by Crippen LogP contribution is 2.23. The van der Waals surface area contributed by atoms with Crippen LogP contribution in [0.25, 0.3) is 0 Å². The number of likely N-dealkylation sites (N-methyl/N-ethyl adjacent to an activating group) is 1. The fraction of sp³-hybridized carbons (Fsp3) is 0.267. The molecule has 8 heteroatoms. The molecule has 23 heavy (non-hydrogen) atoms. The normalized spacial score (nSPS) is 11.7. The molecular formula is C15H17ClN2O3S2. The van der Waals surface area contributed by atoms with Crippen molar-refractivity contribution in [1.29, 1.82) is 0 Å². The molecule has 1 heterocycles. The fourth-order valence-corrected chi connectivity index (χ4v) is 4.10. The van der Waals surface area contributed by atoms with Gasteiger partial charge < -0.3 is 5.32 Å². The Morgan fingerprint density at radius 1 is 1.26 bits per heavy atom. The van der Waals surface area contributed by atoms with Crippen molar-refractivity contribution >= 4 is 44.4 Å². The van der Waals surface area contributed by atoms with Gasteiger partial charge in [0.2, 0.25) is 5.91 Å². The molecule has 0 saturated heterocycles. The lowest BCUT2D eigenvalue weighted by Crippen LogP contribution is -2.30. The summed E-state index contributed by atoms with van der Waals surface area (Å²) >= 11 is 7.35. The lowest BCUT2D eigenvalue weighted by Gasteiger charge is -2.16. The van der Waals surface area contributed by atoms with Gasteiger partial charge in [-0.15, -0.1) is 11.3 Å². The van der Waals surface area contributed by atoms with E-state index in [2.05, 4.69) is 5.32 Å². The summed E-state index contributed by atoms with van der Waals surface area (Å²) in [6, 6.07) is 10.1. The molecule has 1 N–H and O–H groups in total. The van der Waals surface area contributed by atoms with Crippen molar-refractivity contribution in [3.63, 3.8) is 0 Å². The molecule has 124 valence electrons. The average Bonchev–Trinajstić information content (AvgIpc) is 2.83. The van der Waals surface area contributed by atoms with E-state index in [0.29, 0.717) is 16.6 Å². The number of nitrogens with zero attached hydrogens (tertiary/aromatic N) is 1. The quantitative estimate of drug-likeness (QED) is 0.846. The number of carbonyl (C=O) groups excluding carboxylic acids is 1. The van der Waals surface area contributed by atoms with Crippen molar-refractivity contribution in [2.45, 2.75) is 11.4 Å². The summed E-state index contributed by atoms with van der Waals surface area (Å²) in [6.07, 6.45) is 1.12. The van der Waals surface area contributed by atoms with Gasteiger partial charge in [0, 0.05) is 17.7 Å². The van der Waals surface area contributed by atoms with Gasteiger partial charge in [-0.1, -0.05) is 23.7 Å². The largest absolute Gasteiger partial charge is 0.324 e. The standard InChI is InChI=1S/C15H17ClN2O3S2/c1-18(9-11-7-8-14(16)22-11)10-15(19)17-12-5-3-4-6-13(12)23(2,20)21/h3-8H,9-10H2,1-2H3,(H,17,19). The monoisotopic (exact) mass is 372 g/mol. The van der Waals surface area contributed by atoms with Gasteiger partial charge in [0.1, 0.15) is 0 Å². The summed E-state index contributed by atoms with van der Waals surface area (Å²) in [6.45, 7) is 0.742. The molecule has 0 saturated carbocycles. The number of thiophene rings is 1. The minimum absolute atomic E-state index is 0.112. The number of benzene rings is 1. The van der Waals surface area contributed by atoms with Crippen LogP contribution in [0.15, 0.2) is 41.3 Å². The van der Waals surface area contributed by atoms with Gasteiger partial charge in [-0.3, -0.25) is 9.69 Å². The Hall–Kier alpha value is -1.41. The van der Waals surface area contributed by atoms with Gasteiger partial charge in [-0.05, 0) is 31.3 Å². The predicted octanol–water partition coefficient (Wildman–Crippen LogP) is 2.88. The van der Waals surface area contributed by atoms with Crippen LogP contribution in [0.2, 0.25) is 4.34 Å². The third kappa shape index (κ3) is 5.31. The zero-order valence-corrected chi connectivity index (χ0v) is 15.1. The number of carbonyl (C=O) groups is 1. The van der Waals surface area contributed by atoms with Crippen LogP contribution in [-0.2, 0) is 21.2 Å². The molecule has 0 fully saturated rings. The number of rotatable bonds is 6. The minimum Gasteiger partial charge on any atom is -0.324 e. The van der Waals surface area contributed by atoms with Crippen molar-refractivity contribution in [1.82, 2.24) is 4.90 Å². The number of hydrogen-bond donors (Lipinski definition) is 1. The van der Waals surface area contributed by atoms with E-state index < -0.39 is 9.84 Å². The molecule has 0 spiro atoms. The molecule has 0 atom stereocenters. The van der Waals surface area contributed by atoms with Crippen LogP contribution in [0.3, 0.4) is 0 Å². The summed E-state index contributed by atoms with van der Waals surface area (Å²) in [5.41, 5.74) is 0.299. The van der Waals surface area contributed by atoms with Crippen molar-refractivity contribution < 1.29 is 13.2 Å². The molecule has 0 unspecified atom stereocenters. The lowest BCUT2D eigenvalue weighted by atomic mass is 10.3. The van der Waals surface area contributed by atoms with Crippen LogP contribution < -0.4 is 5.32 Å². The predicted molar refractivity (Wildman–Crippen MR) is 93.8 cm³/mol. The summed E-state index contributed by atoms with van der Waals surface area (Å²) in [5.74, 6) is -0.272. The first-order valence-electron chi connectivity index (χ1n) is 6.77. The Labute approximate surface area is 144 Å². The zero-order valence-electron chi connectivity index (χ0n) is 12.7. The van der Waals surface area contributed by atoms with Gasteiger partial charge in [0.25, 0.3) is 0 Å². The van der Waals surface area contributed by atoms with Crippen LogP contribution in [-0.4, -0.2) is 39.1 Å². The maximum Gasteiger partial charge on any atom is 0.238 e. The molecule has 0 aliphatic carbocycles. The Kier molecular flexibility index (Phi) is 5.80. The lowest BCUT2D eigenvalue weighted by molar-refractivity contribution is -0.117. The Balaban J connectivity index is 2.00. The number of nitrogens with one attached hydrogen (secondary N) is 1. The number of para-hydroxylation sites is 1. The van der Waals surface area contributed by atoms with Crippen LogP contribution in [0, 0.1) is 0 Å². The van der Waals surface area contributed by atoms with E-state index in [4.69, 9.17) is 11.6 Å². The number of hydrogen-bond acceptors (Lipinski definition) is 5. The van der Waals surface area contributed by atoms with Gasteiger partial charge in [-0.25, -0.2) is 8.42 Å². The first-order valence-corrected chi connectivity index (χ1v) is 9.86. The smallest absolute Gasteiger partial charge is 0.238 e. The van der Waals surface area contributed by atoms with E-state index in [1.54, 1.807) is 18.2 Å². The van der Waals surface area contributed by atoms with Crippen LogP contribution in [0.1, 0.15) is 4.88 Å². The van der Waals surface area contributed by atoms with Gasteiger partial charge in [0.05, 0.1) is 21.5 Å². The molecule has 2 aromatic rings. The molecule has 1 aromatic heterocycles. The molecule has 2 rings (SSSR count). The van der Waals surface area contributed by atoms with Crippen molar-refractivity contribution in [3.05, 3.63) is 45.6 Å². The second-order valence-electron chi connectivity index (χ2n) is 5.19. The molecule has 1 amide bonds. The molecule has 5 nitrogen and oxygen atoms in total. The summed E-state index contributed by atoms with van der Waals surface area (Å²) in [4.78, 5) is 15.1. The topological polar surface area (TPSA) is 66.5 Å². The highest BCUT2D eigenvalue weighted by atomic mass is 35.5. The first kappa shape index (κ1) is 17.9. The van der Waals surface area contributed by atoms with E-state index >= 15 is 0 Å². The average molecular weight is 373 g/mol. The van der Waals surface area contributed by atoms with Gasteiger partial charge in [0.15, 0.2) is 9.84 Å². The SMILES string of the molecule is CN(CC(=O)Nc1ccccc1S(C)(=O)=O)Cc1ccc(Cl)s1. The highest BCUT2D eigenvalue weighted by molar-refractivity contribution is 7.90. The van der Waals surface area contributed by atoms with Crippen molar-refractivity contribution in [2.24, 2.45) is 0 Å². The van der Waals surface area contributed by atoms with Gasteiger partial charge in [-0.2, -0.15) is 0 Å². The Morgan fingerprint density at radius 3 is 2.57 bits per heavy atom. The summed E-state index contributed by atoms with van der Waals surface area (Å²) in [7, 11) is -1.58. The highest BCUT2D eigenvalue weighted by Gasteiger charge is 2.15. The van der Waals surface area contributed by atoms with E-state index in [9.17, 15) is 13.2 Å². The maximum absolute atomic E-state index is 12.1. The van der Waals surface area contributed by atoms with E-state index in [0.717, 1.165) is 11.1 Å². The number of amides is 1. The van der Waals surface area contributed by atoms with E-state index in [1.807, 2.05) is 24.1 Å². The van der Waals surface area contributed by atoms with E-state index in [-0.39, 0.29) is 17.3 Å². The number of sulfone groups is 1. The van der Waals surface area contributed by atoms with Crippen LogP contribution >= 0.6 is 22.9 Å². The summed E-state index contributed by atoms with van der Waals surface area (Å²) < 4.78 is 24.2. The van der Waals surface area contributed by atoms with Crippen molar-refractivity contribution in [2.75, 3.05) is 25.2 Å². The summed E-state index contributed by atoms with van der Waals surface area (Å²) in [5, 5.41) is 2.66. The number of halogens is 1. The maximum atomic E-state index is 12.1. The van der Waals surface area contributed by atoms with Crippen LogP contribution in [0.4, 0.5) is 5.69 Å². The first-order chi connectivity index (χ1) is 10.8. The third-order valence-electron chi connectivity index (χ3n) is 3.03. The minimum atomic E-state index is -3.39. The van der Waals surface area contributed by atoms with Crippen LogP contribution in [0.5, 0.6) is 0 Å². The molecule has 0 aliphatic heterocycles. The zero-order chi connectivity index (χ0) is 17.0. The van der Waals surface area contributed by atoms with Gasteiger partial charge >= 0.3 is 0 Å². The third-order valence-corrected chi connectivity index (χ3v) is 5.40. The Bertz CT molecular complexity index is 803.